The molecule has 6 heteroatoms. The van der Waals surface area contributed by atoms with E-state index >= 15 is 0 Å². The van der Waals surface area contributed by atoms with Gasteiger partial charge >= 0.3 is 0 Å². The fourth-order valence-electron chi connectivity index (χ4n) is 2.43. The van der Waals surface area contributed by atoms with E-state index in [2.05, 4.69) is 0 Å². The molecule has 0 spiro atoms. The van der Waals surface area contributed by atoms with E-state index in [0.717, 1.165) is 12.1 Å². The van der Waals surface area contributed by atoms with Crippen molar-refractivity contribution in [2.75, 3.05) is 0 Å². The Bertz CT molecular complexity index is 685. The Labute approximate surface area is 113 Å². The van der Waals surface area contributed by atoms with Crippen LogP contribution >= 0.6 is 0 Å². The quantitative estimate of drug-likeness (QED) is 0.539. The van der Waals surface area contributed by atoms with Crippen LogP contribution in [0, 0.1) is 5.92 Å². The van der Waals surface area contributed by atoms with Crippen molar-refractivity contribution in [1.82, 2.24) is 0 Å². The van der Waals surface area contributed by atoms with E-state index < -0.39 is 29.3 Å². The van der Waals surface area contributed by atoms with Crippen molar-refractivity contribution >= 4 is 5.78 Å². The van der Waals surface area contributed by atoms with Gasteiger partial charge in [0.15, 0.2) is 17.3 Å². The summed E-state index contributed by atoms with van der Waals surface area (Å²) in [5, 5.41) is 38.6. The predicted molar refractivity (Wildman–Crippen MR) is 68.0 cm³/mol. The molecule has 0 bridgehead atoms. The van der Waals surface area contributed by atoms with Gasteiger partial charge < -0.3 is 25.2 Å². The highest BCUT2D eigenvalue weighted by atomic mass is 16.5. The van der Waals surface area contributed by atoms with Crippen LogP contribution in [0.25, 0.3) is 0 Å². The molecular weight excluding hydrogens is 264 g/mol. The highest BCUT2D eigenvalue weighted by molar-refractivity contribution is 6.04. The fraction of sp³-hybridized carbons (Fsp3) is 0.214. The lowest BCUT2D eigenvalue weighted by atomic mass is 9.82. The van der Waals surface area contributed by atoms with E-state index in [1.54, 1.807) is 0 Å². The van der Waals surface area contributed by atoms with Crippen LogP contribution < -0.4 is 4.74 Å². The summed E-state index contributed by atoms with van der Waals surface area (Å²) in [6, 6.07) is 2.23. The first-order valence-electron chi connectivity index (χ1n) is 5.98. The number of allylic oxidation sites excluding steroid dienone is 1. The Morgan fingerprint density at radius 2 is 1.75 bits per heavy atom. The number of carbonyl (C=O) groups is 1. The van der Waals surface area contributed by atoms with Gasteiger partial charge in [-0.3, -0.25) is 4.79 Å². The lowest BCUT2D eigenvalue weighted by molar-refractivity contribution is 0.0712. The Hall–Kier alpha value is -2.63. The fourth-order valence-corrected chi connectivity index (χ4v) is 2.43. The molecule has 4 N–H and O–H groups in total. The summed E-state index contributed by atoms with van der Waals surface area (Å²) in [6.45, 7) is 1.49. The Kier molecular flexibility index (Phi) is 2.44. The lowest BCUT2D eigenvalue weighted by Crippen LogP contribution is -2.40. The number of ketones is 1. The molecule has 0 saturated heterocycles. The van der Waals surface area contributed by atoms with Crippen LogP contribution in [-0.2, 0) is 0 Å². The molecule has 1 heterocycles. The number of aliphatic hydroxyl groups is 2. The zero-order valence-electron chi connectivity index (χ0n) is 10.5. The molecule has 0 radical (unpaired) electrons. The Balaban J connectivity index is 2.16. The van der Waals surface area contributed by atoms with Crippen LogP contribution in [0.15, 0.2) is 35.3 Å². The van der Waals surface area contributed by atoms with Crippen LogP contribution in [0.2, 0.25) is 0 Å². The second-order valence-electron chi connectivity index (χ2n) is 4.82. The minimum atomic E-state index is -0.956. The minimum Gasteiger partial charge on any atom is -0.511 e. The maximum atomic E-state index is 12.4. The number of benzene rings is 1. The van der Waals surface area contributed by atoms with Crippen molar-refractivity contribution < 1.29 is 30.0 Å². The van der Waals surface area contributed by atoms with E-state index in [0.29, 0.717) is 0 Å². The molecular formula is C14H12O6. The monoisotopic (exact) mass is 276 g/mol. The molecule has 0 unspecified atom stereocenters. The largest absolute Gasteiger partial charge is 0.511 e. The first kappa shape index (κ1) is 12.4. The van der Waals surface area contributed by atoms with Gasteiger partial charge in [0.25, 0.3) is 0 Å². The molecule has 0 fully saturated rings. The van der Waals surface area contributed by atoms with Gasteiger partial charge in [-0.1, -0.05) is 0 Å². The average Bonchev–Trinajstić information content (AvgIpc) is 2.39. The van der Waals surface area contributed by atoms with Gasteiger partial charge in [0.05, 0.1) is 5.56 Å². The molecule has 1 aliphatic heterocycles. The molecule has 6 nitrogen and oxygen atoms in total. The molecule has 1 aliphatic carbocycles. The summed E-state index contributed by atoms with van der Waals surface area (Å²) < 4.78 is 5.51. The first-order valence-corrected chi connectivity index (χ1v) is 5.98. The summed E-state index contributed by atoms with van der Waals surface area (Å²) in [7, 11) is 0. The molecule has 0 aromatic heterocycles. The zero-order chi connectivity index (χ0) is 14.6. The number of ether oxygens (including phenoxy) is 1. The number of phenols is 2. The Morgan fingerprint density at radius 3 is 2.45 bits per heavy atom. The van der Waals surface area contributed by atoms with E-state index in [1.165, 1.54) is 13.0 Å². The van der Waals surface area contributed by atoms with E-state index in [1.807, 2.05) is 0 Å². The highest BCUT2D eigenvalue weighted by Crippen LogP contribution is 2.42. The molecule has 0 amide bonds. The molecule has 2 aliphatic rings. The van der Waals surface area contributed by atoms with Crippen molar-refractivity contribution in [2.24, 2.45) is 5.92 Å². The number of aliphatic hydroxyl groups excluding tert-OH is 2. The SMILES string of the molecule is CC1=C(O)[C@@H]2C(=O)c3cc(O)c(O)cc3O[C@@H]2C=C1O. The van der Waals surface area contributed by atoms with Crippen molar-refractivity contribution in [1.29, 1.82) is 0 Å². The summed E-state index contributed by atoms with van der Waals surface area (Å²) in [5.41, 5.74) is 0.297. The van der Waals surface area contributed by atoms with Gasteiger partial charge in [0, 0.05) is 11.6 Å². The number of fused-ring (bicyclic) bond motifs is 2. The van der Waals surface area contributed by atoms with Crippen LogP contribution in [0.1, 0.15) is 17.3 Å². The average molecular weight is 276 g/mol. The third-order valence-corrected chi connectivity index (χ3v) is 3.60. The molecule has 20 heavy (non-hydrogen) atoms. The maximum Gasteiger partial charge on any atom is 0.181 e. The van der Waals surface area contributed by atoms with Gasteiger partial charge in [-0.25, -0.2) is 0 Å². The van der Waals surface area contributed by atoms with E-state index in [-0.39, 0.29) is 28.4 Å². The van der Waals surface area contributed by atoms with Crippen molar-refractivity contribution in [3.05, 3.63) is 40.9 Å². The number of aromatic hydroxyl groups is 2. The first-order chi connectivity index (χ1) is 9.40. The summed E-state index contributed by atoms with van der Waals surface area (Å²) in [5.74, 6) is -2.54. The maximum absolute atomic E-state index is 12.4. The summed E-state index contributed by atoms with van der Waals surface area (Å²) in [4.78, 5) is 12.4. The van der Waals surface area contributed by atoms with Gasteiger partial charge in [0.1, 0.15) is 29.3 Å². The number of hydrogen-bond acceptors (Lipinski definition) is 6. The summed E-state index contributed by atoms with van der Waals surface area (Å²) in [6.07, 6.45) is 0.493. The van der Waals surface area contributed by atoms with Crippen LogP contribution in [0.5, 0.6) is 17.2 Å². The van der Waals surface area contributed by atoms with Gasteiger partial charge in [-0.05, 0) is 19.1 Å². The molecule has 1 aromatic carbocycles. The lowest BCUT2D eigenvalue weighted by Gasteiger charge is -2.33. The zero-order valence-corrected chi connectivity index (χ0v) is 10.5. The third kappa shape index (κ3) is 1.54. The molecule has 0 saturated carbocycles. The number of rotatable bonds is 0. The van der Waals surface area contributed by atoms with E-state index in [4.69, 9.17) is 4.74 Å². The van der Waals surface area contributed by atoms with Crippen molar-refractivity contribution in [2.45, 2.75) is 13.0 Å². The van der Waals surface area contributed by atoms with Crippen molar-refractivity contribution in [3.8, 4) is 17.2 Å². The standard InChI is InChI=1S/C14H12O6/c1-5-7(15)3-11-12(13(5)18)14(19)6-2-8(16)9(17)4-10(6)20-11/h2-4,11-12,15-18H,1H3/t11-,12-/m1/s1. The van der Waals surface area contributed by atoms with Gasteiger partial charge in [-0.15, -0.1) is 0 Å². The third-order valence-electron chi connectivity index (χ3n) is 3.60. The number of Topliss-reactive ketones (excluding diaryl/α,β-unsaturated/α-hetero) is 1. The van der Waals surface area contributed by atoms with Crippen LogP contribution in [0.3, 0.4) is 0 Å². The molecule has 2 atom stereocenters. The van der Waals surface area contributed by atoms with Gasteiger partial charge in [0.2, 0.25) is 0 Å². The van der Waals surface area contributed by atoms with Crippen molar-refractivity contribution in [3.63, 3.8) is 0 Å². The van der Waals surface area contributed by atoms with Gasteiger partial charge in [-0.2, -0.15) is 0 Å². The number of phenolic OH excluding ortho intramolecular Hbond substituents is 2. The minimum absolute atomic E-state index is 0.0793. The second kappa shape index (κ2) is 3.93. The van der Waals surface area contributed by atoms with Crippen LogP contribution in [-0.4, -0.2) is 32.3 Å². The predicted octanol–water partition coefficient (Wildman–Crippen LogP) is 1.95. The smallest absolute Gasteiger partial charge is 0.181 e. The normalized spacial score (nSPS) is 24.6. The second-order valence-corrected chi connectivity index (χ2v) is 4.82. The van der Waals surface area contributed by atoms with E-state index in [9.17, 15) is 25.2 Å². The summed E-state index contributed by atoms with van der Waals surface area (Å²) >= 11 is 0. The Morgan fingerprint density at radius 1 is 1.10 bits per heavy atom. The molecule has 104 valence electrons. The topological polar surface area (TPSA) is 107 Å². The number of carbonyl (C=O) groups excluding carboxylic acids is 1. The molecule has 3 rings (SSSR count). The molecule has 1 aromatic rings. The highest BCUT2D eigenvalue weighted by Gasteiger charge is 2.43. The number of hydrogen-bond donors (Lipinski definition) is 4. The van der Waals surface area contributed by atoms with Crippen LogP contribution in [0.4, 0.5) is 0 Å².